The topological polar surface area (TPSA) is 153 Å². The van der Waals surface area contributed by atoms with E-state index < -0.39 is 31.1 Å². The molecule has 0 amide bonds. The van der Waals surface area contributed by atoms with E-state index in [4.69, 9.17) is 14.9 Å². The van der Waals surface area contributed by atoms with E-state index in [9.17, 15) is 15.3 Å². The highest BCUT2D eigenvalue weighted by Gasteiger charge is 2.45. The molecule has 0 spiro atoms. The summed E-state index contributed by atoms with van der Waals surface area (Å²) in [6.07, 6.45) is -1.73. The van der Waals surface area contributed by atoms with Gasteiger partial charge in [-0.25, -0.2) is 15.0 Å². The number of aromatic nitrogens is 4. The van der Waals surface area contributed by atoms with Crippen LogP contribution in [-0.2, 0) is 4.74 Å². The van der Waals surface area contributed by atoms with Crippen molar-refractivity contribution < 1.29 is 24.5 Å². The number of anilines is 1. The summed E-state index contributed by atoms with van der Waals surface area (Å²) in [4.78, 5) is 12.5. The first kappa shape index (κ1) is 15.0. The van der Waals surface area contributed by atoms with Gasteiger partial charge in [0.25, 0.3) is 0 Å². The second-order valence-electron chi connectivity index (χ2n) is 5.44. The van der Waals surface area contributed by atoms with Crippen LogP contribution in [0.15, 0.2) is 29.1 Å². The molecule has 2 unspecified atom stereocenters. The molecular formula is C14H15N5O5. The van der Waals surface area contributed by atoms with E-state index in [-0.39, 0.29) is 5.82 Å². The summed E-state index contributed by atoms with van der Waals surface area (Å²) in [5, 5.41) is 29.7. The lowest BCUT2D eigenvalue weighted by molar-refractivity contribution is -0.0504. The molecule has 3 aromatic rings. The first-order valence-corrected chi connectivity index (χ1v) is 7.26. The second-order valence-corrected chi connectivity index (χ2v) is 5.44. The summed E-state index contributed by atoms with van der Waals surface area (Å²) < 4.78 is 12.5. The number of ether oxygens (including phenoxy) is 1. The van der Waals surface area contributed by atoms with Gasteiger partial charge in [-0.2, -0.15) is 0 Å². The number of fused-ring (bicyclic) bond motifs is 1. The molecule has 24 heavy (non-hydrogen) atoms. The summed E-state index contributed by atoms with van der Waals surface area (Å²) in [6.45, 7) is -0.436. The predicted octanol–water partition coefficient (Wildman–Crippen LogP) is -0.720. The first-order valence-electron chi connectivity index (χ1n) is 7.26. The highest BCUT2D eigenvalue weighted by atomic mass is 16.6. The predicted molar refractivity (Wildman–Crippen MR) is 80.4 cm³/mol. The number of nitrogens with zero attached hydrogens (tertiary/aromatic N) is 4. The van der Waals surface area contributed by atoms with Crippen molar-refractivity contribution in [1.29, 1.82) is 0 Å². The Bertz CT molecular complexity index is 864. The lowest BCUT2D eigenvalue weighted by Gasteiger charge is -2.18. The molecule has 0 radical (unpaired) electrons. The van der Waals surface area contributed by atoms with Gasteiger partial charge in [-0.15, -0.1) is 0 Å². The zero-order chi connectivity index (χ0) is 16.8. The second kappa shape index (κ2) is 5.53. The van der Waals surface area contributed by atoms with Crippen LogP contribution in [0.3, 0.4) is 0 Å². The van der Waals surface area contributed by atoms with E-state index in [2.05, 4.69) is 15.0 Å². The molecule has 3 aromatic heterocycles. The van der Waals surface area contributed by atoms with E-state index in [1.807, 2.05) is 0 Å². The van der Waals surface area contributed by atoms with E-state index in [0.29, 0.717) is 22.7 Å². The summed E-state index contributed by atoms with van der Waals surface area (Å²) >= 11 is 0. The number of aliphatic hydroxyl groups is 3. The van der Waals surface area contributed by atoms with E-state index in [1.54, 1.807) is 12.1 Å². The Morgan fingerprint density at radius 2 is 2.08 bits per heavy atom. The van der Waals surface area contributed by atoms with Crippen LogP contribution in [0.1, 0.15) is 6.23 Å². The van der Waals surface area contributed by atoms with Crippen LogP contribution >= 0.6 is 0 Å². The highest BCUT2D eigenvalue weighted by molar-refractivity contribution is 5.84. The highest BCUT2D eigenvalue weighted by Crippen LogP contribution is 2.36. The van der Waals surface area contributed by atoms with Gasteiger partial charge < -0.3 is 30.2 Å². The number of imidazole rings is 1. The molecule has 1 aliphatic heterocycles. The molecule has 10 heteroatoms. The maximum atomic E-state index is 10.3. The average molecular weight is 333 g/mol. The van der Waals surface area contributed by atoms with E-state index in [1.165, 1.54) is 17.2 Å². The van der Waals surface area contributed by atoms with Gasteiger partial charge in [-0.1, -0.05) is 0 Å². The van der Waals surface area contributed by atoms with Crippen molar-refractivity contribution in [3.05, 3.63) is 24.7 Å². The molecule has 1 fully saturated rings. The molecule has 1 aliphatic rings. The molecule has 4 atom stereocenters. The monoisotopic (exact) mass is 333 g/mol. The van der Waals surface area contributed by atoms with Crippen molar-refractivity contribution in [1.82, 2.24) is 19.5 Å². The van der Waals surface area contributed by atoms with Gasteiger partial charge in [0.1, 0.15) is 24.6 Å². The molecular weight excluding hydrogens is 318 g/mol. The molecule has 5 N–H and O–H groups in total. The Balaban J connectivity index is 1.94. The normalized spacial score (nSPS) is 27.1. The third-order valence-corrected chi connectivity index (χ3v) is 4.02. The molecule has 0 bridgehead atoms. The van der Waals surface area contributed by atoms with Gasteiger partial charge in [-0.05, 0) is 12.1 Å². The number of furan rings is 1. The lowest BCUT2D eigenvalue weighted by Crippen LogP contribution is -2.33. The van der Waals surface area contributed by atoms with Crippen LogP contribution in [-0.4, -0.2) is 59.8 Å². The first-order chi connectivity index (χ1) is 11.6. The van der Waals surface area contributed by atoms with Crippen LogP contribution in [0, 0.1) is 0 Å². The molecule has 1 saturated heterocycles. The van der Waals surface area contributed by atoms with Crippen molar-refractivity contribution in [2.45, 2.75) is 24.5 Å². The zero-order valence-electron chi connectivity index (χ0n) is 12.4. The van der Waals surface area contributed by atoms with Crippen molar-refractivity contribution in [2.75, 3.05) is 12.3 Å². The van der Waals surface area contributed by atoms with Crippen LogP contribution in [0.5, 0.6) is 0 Å². The average Bonchev–Trinajstić information content (AvgIpc) is 3.27. The van der Waals surface area contributed by atoms with Crippen LogP contribution in [0.2, 0.25) is 0 Å². The number of aliphatic hydroxyl groups excluding tert-OH is 3. The SMILES string of the molecule is Nc1ncnc2c1nc(-c1ccco1)n2[C@@H]1O[C@H](CO)C(O)C1O. The Morgan fingerprint density at radius 3 is 2.75 bits per heavy atom. The van der Waals surface area contributed by atoms with Gasteiger partial charge in [-0.3, -0.25) is 4.57 Å². The summed E-state index contributed by atoms with van der Waals surface area (Å²) in [5.74, 6) is 0.889. The third-order valence-electron chi connectivity index (χ3n) is 4.02. The fourth-order valence-corrected chi connectivity index (χ4v) is 2.84. The zero-order valence-corrected chi connectivity index (χ0v) is 12.4. The standard InChI is InChI=1S/C14H15N5O5/c15-11-8-13(17-5-16-11)19(12(18-8)6-2-1-3-23-6)14-10(22)9(21)7(4-20)24-14/h1-3,5,7,9-10,14,20-22H,4H2,(H2,15,16,17)/t7-,9?,10?,14-/m1/s1. The summed E-state index contributed by atoms with van der Waals surface area (Å²) in [5.41, 5.74) is 6.50. The largest absolute Gasteiger partial charge is 0.461 e. The van der Waals surface area contributed by atoms with Crippen molar-refractivity contribution in [3.63, 3.8) is 0 Å². The van der Waals surface area contributed by atoms with Gasteiger partial charge >= 0.3 is 0 Å². The minimum Gasteiger partial charge on any atom is -0.461 e. The smallest absolute Gasteiger partial charge is 0.180 e. The molecule has 10 nitrogen and oxygen atoms in total. The molecule has 4 rings (SSSR count). The molecule has 4 heterocycles. The van der Waals surface area contributed by atoms with Gasteiger partial charge in [0.2, 0.25) is 0 Å². The van der Waals surface area contributed by atoms with Crippen LogP contribution in [0.4, 0.5) is 5.82 Å². The quantitative estimate of drug-likeness (QED) is 0.486. The molecule has 0 saturated carbocycles. The third kappa shape index (κ3) is 2.08. The maximum absolute atomic E-state index is 10.3. The minimum atomic E-state index is -1.29. The van der Waals surface area contributed by atoms with E-state index >= 15 is 0 Å². The molecule has 0 aromatic carbocycles. The number of hydrogen-bond acceptors (Lipinski definition) is 9. The Kier molecular flexibility index (Phi) is 3.46. The molecule has 126 valence electrons. The Labute approximate surface area is 135 Å². The Morgan fingerprint density at radius 1 is 1.25 bits per heavy atom. The van der Waals surface area contributed by atoms with Gasteiger partial charge in [0.15, 0.2) is 34.8 Å². The number of nitrogen functional groups attached to an aromatic ring is 1. The summed E-state index contributed by atoms with van der Waals surface area (Å²) in [7, 11) is 0. The number of hydrogen-bond donors (Lipinski definition) is 4. The van der Waals surface area contributed by atoms with Crippen molar-refractivity contribution >= 4 is 17.0 Å². The van der Waals surface area contributed by atoms with Gasteiger partial charge in [0.05, 0.1) is 12.9 Å². The van der Waals surface area contributed by atoms with Crippen molar-refractivity contribution in [2.24, 2.45) is 0 Å². The fraction of sp³-hybridized carbons (Fsp3) is 0.357. The van der Waals surface area contributed by atoms with Crippen LogP contribution < -0.4 is 5.73 Å². The number of rotatable bonds is 3. The lowest BCUT2D eigenvalue weighted by atomic mass is 10.1. The minimum absolute atomic E-state index is 0.165. The maximum Gasteiger partial charge on any atom is 0.180 e. The summed E-state index contributed by atoms with van der Waals surface area (Å²) in [6, 6.07) is 3.37. The van der Waals surface area contributed by atoms with Crippen molar-refractivity contribution in [3.8, 4) is 11.6 Å². The Hall–Kier alpha value is -2.53. The fourth-order valence-electron chi connectivity index (χ4n) is 2.84. The van der Waals surface area contributed by atoms with Gasteiger partial charge in [0, 0.05) is 0 Å². The van der Waals surface area contributed by atoms with Crippen LogP contribution in [0.25, 0.3) is 22.7 Å². The molecule has 0 aliphatic carbocycles. The number of nitrogens with two attached hydrogens (primary N) is 1. The van der Waals surface area contributed by atoms with E-state index in [0.717, 1.165) is 0 Å².